The van der Waals surface area contributed by atoms with Crippen molar-refractivity contribution in [3.8, 4) is 0 Å². The highest BCUT2D eigenvalue weighted by Gasteiger charge is 2.17. The number of amides is 1. The summed E-state index contributed by atoms with van der Waals surface area (Å²) in [6, 6.07) is 7.86. The lowest BCUT2D eigenvalue weighted by Gasteiger charge is -2.26. The number of thiazole rings is 1. The summed E-state index contributed by atoms with van der Waals surface area (Å²) in [5.41, 5.74) is 3.01. The van der Waals surface area contributed by atoms with Gasteiger partial charge >= 0.3 is 0 Å². The minimum Gasteiger partial charge on any atom is -0.352 e. The van der Waals surface area contributed by atoms with Crippen LogP contribution in [-0.4, -0.2) is 41.9 Å². The van der Waals surface area contributed by atoms with Crippen LogP contribution in [0.4, 0.5) is 0 Å². The van der Waals surface area contributed by atoms with Crippen molar-refractivity contribution in [2.24, 2.45) is 4.99 Å². The predicted molar refractivity (Wildman–Crippen MR) is 119 cm³/mol. The molecule has 0 spiro atoms. The van der Waals surface area contributed by atoms with Gasteiger partial charge in [0.25, 0.3) is 5.91 Å². The zero-order valence-electron chi connectivity index (χ0n) is 17.6. The molecule has 3 rings (SSSR count). The molecule has 0 bridgehead atoms. The van der Waals surface area contributed by atoms with Gasteiger partial charge in [0.05, 0.1) is 12.2 Å². The molecule has 1 aromatic heterocycles. The molecule has 0 atom stereocenters. The molecule has 1 aromatic carbocycles. The lowest BCUT2D eigenvalue weighted by atomic mass is 10.1. The molecular formula is C22H31N5OS. The first kappa shape index (κ1) is 21.3. The maximum absolute atomic E-state index is 12.6. The Morgan fingerprint density at radius 1 is 1.14 bits per heavy atom. The topological polar surface area (TPSA) is 69.6 Å². The van der Waals surface area contributed by atoms with Crippen LogP contribution in [0, 0.1) is 0 Å². The number of benzene rings is 1. The second kappa shape index (κ2) is 10.4. The summed E-state index contributed by atoms with van der Waals surface area (Å²) >= 11 is 1.67. The van der Waals surface area contributed by atoms with Crippen LogP contribution in [0.1, 0.15) is 65.7 Å². The molecule has 1 amide bonds. The van der Waals surface area contributed by atoms with Gasteiger partial charge in [-0.25, -0.2) is 4.98 Å². The van der Waals surface area contributed by atoms with E-state index in [9.17, 15) is 4.79 Å². The van der Waals surface area contributed by atoms with Gasteiger partial charge in [-0.05, 0) is 42.9 Å². The molecular weight excluding hydrogens is 382 g/mol. The highest BCUT2D eigenvalue weighted by Crippen LogP contribution is 2.17. The molecule has 2 heterocycles. The normalized spacial score (nSPS) is 14.9. The number of rotatable bonds is 6. The summed E-state index contributed by atoms with van der Waals surface area (Å²) < 4.78 is 0. The fraction of sp³-hybridized carbons (Fsp3) is 0.500. The number of hydrogen-bond acceptors (Lipinski definition) is 4. The van der Waals surface area contributed by atoms with Gasteiger partial charge in [0.2, 0.25) is 0 Å². The van der Waals surface area contributed by atoms with E-state index in [1.165, 1.54) is 6.42 Å². The number of hydrogen-bond donors (Lipinski definition) is 2. The minimum atomic E-state index is 0.144. The monoisotopic (exact) mass is 413 g/mol. The van der Waals surface area contributed by atoms with Gasteiger partial charge in [-0.15, -0.1) is 11.3 Å². The zero-order chi connectivity index (χ0) is 20.6. The van der Waals surface area contributed by atoms with Gasteiger partial charge in [0.15, 0.2) is 5.96 Å². The van der Waals surface area contributed by atoms with Crippen molar-refractivity contribution < 1.29 is 4.79 Å². The predicted octanol–water partition coefficient (Wildman–Crippen LogP) is 3.76. The summed E-state index contributed by atoms with van der Waals surface area (Å²) in [4.78, 5) is 23.4. The van der Waals surface area contributed by atoms with E-state index in [1.807, 2.05) is 29.2 Å². The quantitative estimate of drug-likeness (QED) is 0.559. The minimum absolute atomic E-state index is 0.144. The van der Waals surface area contributed by atoms with Gasteiger partial charge in [0, 0.05) is 37.6 Å². The third kappa shape index (κ3) is 6.03. The largest absolute Gasteiger partial charge is 0.352 e. The number of carbonyl (C=O) groups is 1. The fourth-order valence-electron chi connectivity index (χ4n) is 3.28. The average Bonchev–Trinajstić information content (AvgIpc) is 3.24. The summed E-state index contributed by atoms with van der Waals surface area (Å²) in [6.07, 6.45) is 3.45. The van der Waals surface area contributed by atoms with E-state index in [4.69, 9.17) is 0 Å². The summed E-state index contributed by atoms with van der Waals surface area (Å²) in [6.45, 7) is 7.35. The molecule has 6 nitrogen and oxygen atoms in total. The Kier molecular flexibility index (Phi) is 7.63. The zero-order valence-corrected chi connectivity index (χ0v) is 18.4. The summed E-state index contributed by atoms with van der Waals surface area (Å²) in [5.74, 6) is 1.33. The lowest BCUT2D eigenvalue weighted by Crippen LogP contribution is -2.36. The first-order chi connectivity index (χ1) is 14.1. The highest BCUT2D eigenvalue weighted by atomic mass is 32.1. The second-order valence-electron chi connectivity index (χ2n) is 7.65. The third-order valence-corrected chi connectivity index (χ3v) is 5.96. The Balaban J connectivity index is 1.48. The van der Waals surface area contributed by atoms with Gasteiger partial charge in [-0.3, -0.25) is 9.79 Å². The van der Waals surface area contributed by atoms with Crippen molar-refractivity contribution in [2.75, 3.05) is 20.1 Å². The van der Waals surface area contributed by atoms with E-state index in [0.29, 0.717) is 19.0 Å². The molecule has 1 aliphatic rings. The van der Waals surface area contributed by atoms with Crippen LogP contribution in [0.15, 0.2) is 34.6 Å². The molecule has 0 radical (unpaired) electrons. The molecule has 2 N–H and O–H groups in total. The molecule has 0 unspecified atom stereocenters. The maximum Gasteiger partial charge on any atom is 0.253 e. The highest BCUT2D eigenvalue weighted by molar-refractivity contribution is 7.09. The molecule has 156 valence electrons. The van der Waals surface area contributed by atoms with E-state index >= 15 is 0 Å². The second-order valence-corrected chi connectivity index (χ2v) is 8.59. The van der Waals surface area contributed by atoms with Crippen molar-refractivity contribution in [3.05, 3.63) is 51.5 Å². The molecule has 1 aliphatic heterocycles. The standard InChI is InChI=1S/C22H31N5OS/c1-16(2)19-15-29-20(26-19)14-25-22(23-3)24-13-17-7-9-18(10-8-17)21(28)27-11-5-4-6-12-27/h7-10,15-16H,4-6,11-14H2,1-3H3,(H2,23,24,25). The Morgan fingerprint density at radius 3 is 2.45 bits per heavy atom. The number of nitrogens with zero attached hydrogens (tertiary/aromatic N) is 3. The summed E-state index contributed by atoms with van der Waals surface area (Å²) in [5, 5.41) is 9.79. The Morgan fingerprint density at radius 2 is 1.83 bits per heavy atom. The third-order valence-electron chi connectivity index (χ3n) is 5.10. The first-order valence-corrected chi connectivity index (χ1v) is 11.2. The van der Waals surface area contributed by atoms with E-state index < -0.39 is 0 Å². The van der Waals surface area contributed by atoms with Crippen LogP contribution in [-0.2, 0) is 13.1 Å². The molecule has 0 saturated carbocycles. The molecule has 2 aromatic rings. The van der Waals surface area contributed by atoms with Crippen molar-refractivity contribution >= 4 is 23.2 Å². The Hall–Kier alpha value is -2.41. The van der Waals surface area contributed by atoms with E-state index in [2.05, 4.69) is 39.8 Å². The Bertz CT molecular complexity index is 822. The number of likely N-dealkylation sites (tertiary alicyclic amines) is 1. The van der Waals surface area contributed by atoms with Crippen molar-refractivity contribution in [1.82, 2.24) is 20.5 Å². The number of piperidine rings is 1. The van der Waals surface area contributed by atoms with Crippen LogP contribution in [0.3, 0.4) is 0 Å². The average molecular weight is 414 g/mol. The molecule has 0 aliphatic carbocycles. The number of aromatic nitrogens is 1. The van der Waals surface area contributed by atoms with Gasteiger partial charge in [0.1, 0.15) is 5.01 Å². The lowest BCUT2D eigenvalue weighted by molar-refractivity contribution is 0.0724. The van der Waals surface area contributed by atoms with Crippen LogP contribution < -0.4 is 10.6 Å². The molecule has 29 heavy (non-hydrogen) atoms. The summed E-state index contributed by atoms with van der Waals surface area (Å²) in [7, 11) is 1.76. The van der Waals surface area contributed by atoms with Crippen molar-refractivity contribution in [2.45, 2.75) is 52.1 Å². The SMILES string of the molecule is CN=C(NCc1ccc(C(=O)N2CCCCC2)cc1)NCc1nc(C(C)C)cs1. The van der Waals surface area contributed by atoms with E-state index in [0.717, 1.165) is 53.7 Å². The van der Waals surface area contributed by atoms with Crippen molar-refractivity contribution in [3.63, 3.8) is 0 Å². The molecule has 1 fully saturated rings. The van der Waals surface area contributed by atoms with E-state index in [1.54, 1.807) is 18.4 Å². The first-order valence-electron chi connectivity index (χ1n) is 10.3. The number of carbonyl (C=O) groups excluding carboxylic acids is 1. The van der Waals surface area contributed by atoms with Crippen molar-refractivity contribution in [1.29, 1.82) is 0 Å². The number of nitrogens with one attached hydrogen (secondary N) is 2. The molecule has 1 saturated heterocycles. The maximum atomic E-state index is 12.6. The molecule has 7 heteroatoms. The van der Waals surface area contributed by atoms with Crippen LogP contribution in [0.5, 0.6) is 0 Å². The van der Waals surface area contributed by atoms with Gasteiger partial charge < -0.3 is 15.5 Å². The van der Waals surface area contributed by atoms with E-state index in [-0.39, 0.29) is 5.91 Å². The van der Waals surface area contributed by atoms with Crippen LogP contribution in [0.25, 0.3) is 0 Å². The fourth-order valence-corrected chi connectivity index (χ4v) is 4.18. The van der Waals surface area contributed by atoms with Gasteiger partial charge in [-0.1, -0.05) is 26.0 Å². The van der Waals surface area contributed by atoms with Crippen LogP contribution in [0.2, 0.25) is 0 Å². The number of aliphatic imine (C=N–C) groups is 1. The Labute approximate surface area is 177 Å². The van der Waals surface area contributed by atoms with Crippen LogP contribution >= 0.6 is 11.3 Å². The number of guanidine groups is 1. The van der Waals surface area contributed by atoms with Gasteiger partial charge in [-0.2, -0.15) is 0 Å². The smallest absolute Gasteiger partial charge is 0.253 e.